The molecule has 4 nitrogen and oxygen atoms in total. The Morgan fingerprint density at radius 2 is 2.20 bits per heavy atom. The average Bonchev–Trinajstić information content (AvgIpc) is 2.59. The summed E-state index contributed by atoms with van der Waals surface area (Å²) >= 11 is 0. The van der Waals surface area contributed by atoms with E-state index in [0.717, 1.165) is 25.1 Å². The van der Waals surface area contributed by atoms with Crippen molar-refractivity contribution in [1.82, 2.24) is 14.8 Å². The quantitative estimate of drug-likeness (QED) is 0.796. The first-order chi connectivity index (χ1) is 6.90. The molecular formula is C11H20N4. The van der Waals surface area contributed by atoms with Crippen LogP contribution < -0.4 is 5.73 Å². The van der Waals surface area contributed by atoms with E-state index in [-0.39, 0.29) is 5.54 Å². The molecule has 4 heteroatoms. The van der Waals surface area contributed by atoms with Gasteiger partial charge in [-0.05, 0) is 24.7 Å². The summed E-state index contributed by atoms with van der Waals surface area (Å²) in [4.78, 5) is 4.24. The highest BCUT2D eigenvalue weighted by Crippen LogP contribution is 2.43. The molecular weight excluding hydrogens is 188 g/mol. The summed E-state index contributed by atoms with van der Waals surface area (Å²) in [5, 5.41) is 4.08. The van der Waals surface area contributed by atoms with E-state index in [0.29, 0.717) is 5.41 Å². The zero-order valence-corrected chi connectivity index (χ0v) is 9.82. The molecule has 0 spiro atoms. The Kier molecular flexibility index (Phi) is 2.34. The molecule has 1 aromatic rings. The van der Waals surface area contributed by atoms with Gasteiger partial charge >= 0.3 is 0 Å². The van der Waals surface area contributed by atoms with Crippen LogP contribution >= 0.6 is 0 Å². The molecule has 0 saturated heterocycles. The first-order valence-electron chi connectivity index (χ1n) is 5.52. The number of hydrogen-bond donors (Lipinski definition) is 1. The van der Waals surface area contributed by atoms with Gasteiger partial charge in [0.05, 0.1) is 0 Å². The second-order valence-corrected chi connectivity index (χ2v) is 5.68. The molecule has 0 radical (unpaired) electrons. The first kappa shape index (κ1) is 10.6. The average molecular weight is 208 g/mol. The lowest BCUT2D eigenvalue weighted by Gasteiger charge is -2.25. The van der Waals surface area contributed by atoms with Crippen LogP contribution in [0, 0.1) is 5.41 Å². The highest BCUT2D eigenvalue weighted by atomic mass is 15.3. The third-order valence-corrected chi connectivity index (χ3v) is 3.45. The number of aryl methyl sites for hydroxylation is 1. The summed E-state index contributed by atoms with van der Waals surface area (Å²) in [6, 6.07) is 0. The van der Waals surface area contributed by atoms with E-state index in [1.165, 1.54) is 6.42 Å². The summed E-state index contributed by atoms with van der Waals surface area (Å²) in [5.74, 6) is 0.996. The van der Waals surface area contributed by atoms with E-state index in [4.69, 9.17) is 5.73 Å². The molecule has 1 saturated carbocycles. The van der Waals surface area contributed by atoms with E-state index in [2.05, 4.69) is 23.9 Å². The molecule has 0 amide bonds. The lowest BCUT2D eigenvalue weighted by molar-refractivity contribution is 0.329. The minimum atomic E-state index is -0.0791. The van der Waals surface area contributed by atoms with Gasteiger partial charge in [0.2, 0.25) is 0 Å². The van der Waals surface area contributed by atoms with E-state index < -0.39 is 0 Å². The standard InChI is InChI=1S/C11H20N4/c1-10(2)4-5-11(12,7-10)6-9-13-8-14-15(9)3/h8H,4-7,12H2,1-3H3. The fourth-order valence-corrected chi connectivity index (χ4v) is 2.66. The fraction of sp³-hybridized carbons (Fsp3) is 0.818. The Bertz CT molecular complexity index is 355. The van der Waals surface area contributed by atoms with Crippen LogP contribution in [-0.2, 0) is 13.5 Å². The fourth-order valence-electron chi connectivity index (χ4n) is 2.66. The van der Waals surface area contributed by atoms with Crippen molar-refractivity contribution < 1.29 is 0 Å². The molecule has 15 heavy (non-hydrogen) atoms. The third-order valence-electron chi connectivity index (χ3n) is 3.45. The van der Waals surface area contributed by atoms with E-state index >= 15 is 0 Å². The molecule has 1 fully saturated rings. The second-order valence-electron chi connectivity index (χ2n) is 5.68. The second kappa shape index (κ2) is 3.30. The number of nitrogens with two attached hydrogens (primary N) is 1. The Morgan fingerprint density at radius 3 is 2.67 bits per heavy atom. The lowest BCUT2D eigenvalue weighted by atomic mass is 9.86. The highest BCUT2D eigenvalue weighted by Gasteiger charge is 2.40. The van der Waals surface area contributed by atoms with Crippen LogP contribution in [0.3, 0.4) is 0 Å². The highest BCUT2D eigenvalue weighted by molar-refractivity contribution is 5.04. The molecule has 1 aliphatic rings. The maximum atomic E-state index is 6.41. The van der Waals surface area contributed by atoms with Crippen molar-refractivity contribution in [1.29, 1.82) is 0 Å². The van der Waals surface area contributed by atoms with E-state index in [9.17, 15) is 0 Å². The Balaban J connectivity index is 2.10. The zero-order chi connectivity index (χ0) is 11.1. The molecule has 0 aliphatic heterocycles. The molecule has 1 aromatic heterocycles. The summed E-state index contributed by atoms with van der Waals surface area (Å²) in [5.41, 5.74) is 6.72. The van der Waals surface area contributed by atoms with Crippen molar-refractivity contribution >= 4 is 0 Å². The molecule has 0 aromatic carbocycles. The van der Waals surface area contributed by atoms with Crippen LogP contribution in [0.2, 0.25) is 0 Å². The molecule has 1 heterocycles. The van der Waals surface area contributed by atoms with Crippen LogP contribution in [0.4, 0.5) is 0 Å². The summed E-state index contributed by atoms with van der Waals surface area (Å²) in [6.07, 6.45) is 5.81. The summed E-state index contributed by atoms with van der Waals surface area (Å²) in [6.45, 7) is 4.58. The Morgan fingerprint density at radius 1 is 1.47 bits per heavy atom. The van der Waals surface area contributed by atoms with E-state index in [1.807, 2.05) is 11.7 Å². The molecule has 1 unspecified atom stereocenters. The van der Waals surface area contributed by atoms with Crippen molar-refractivity contribution in [2.45, 2.75) is 45.1 Å². The number of rotatable bonds is 2. The Hall–Kier alpha value is -0.900. The van der Waals surface area contributed by atoms with Gasteiger partial charge in [-0.2, -0.15) is 5.10 Å². The van der Waals surface area contributed by atoms with Crippen molar-refractivity contribution in [3.05, 3.63) is 12.2 Å². The summed E-state index contributed by atoms with van der Waals surface area (Å²) < 4.78 is 1.82. The number of hydrogen-bond acceptors (Lipinski definition) is 3. The van der Waals surface area contributed by atoms with Gasteiger partial charge in [0.25, 0.3) is 0 Å². The lowest BCUT2D eigenvalue weighted by Crippen LogP contribution is -2.40. The minimum absolute atomic E-state index is 0.0791. The van der Waals surface area contributed by atoms with Crippen molar-refractivity contribution in [2.75, 3.05) is 0 Å². The minimum Gasteiger partial charge on any atom is -0.325 e. The van der Waals surface area contributed by atoms with Crippen LogP contribution in [0.15, 0.2) is 6.33 Å². The van der Waals surface area contributed by atoms with Gasteiger partial charge in [-0.25, -0.2) is 4.98 Å². The molecule has 1 aliphatic carbocycles. The normalized spacial score (nSPS) is 29.6. The molecule has 2 N–H and O–H groups in total. The summed E-state index contributed by atoms with van der Waals surface area (Å²) in [7, 11) is 1.92. The van der Waals surface area contributed by atoms with Gasteiger partial charge in [0.1, 0.15) is 12.2 Å². The van der Waals surface area contributed by atoms with Crippen molar-refractivity contribution in [3.8, 4) is 0 Å². The smallest absolute Gasteiger partial charge is 0.138 e. The van der Waals surface area contributed by atoms with Crippen molar-refractivity contribution in [3.63, 3.8) is 0 Å². The molecule has 84 valence electrons. The predicted octanol–water partition coefficient (Wildman–Crippen LogP) is 1.27. The first-order valence-corrected chi connectivity index (χ1v) is 5.52. The monoisotopic (exact) mass is 208 g/mol. The maximum absolute atomic E-state index is 6.41. The van der Waals surface area contributed by atoms with Gasteiger partial charge in [0, 0.05) is 19.0 Å². The molecule has 1 atom stereocenters. The van der Waals surface area contributed by atoms with Crippen molar-refractivity contribution in [2.24, 2.45) is 18.2 Å². The van der Waals surface area contributed by atoms with Crippen LogP contribution in [0.1, 0.15) is 38.9 Å². The molecule has 2 rings (SSSR count). The SMILES string of the molecule is Cn1ncnc1CC1(N)CCC(C)(C)C1. The van der Waals surface area contributed by atoms with Gasteiger partial charge in [-0.15, -0.1) is 0 Å². The van der Waals surface area contributed by atoms with Gasteiger partial charge < -0.3 is 5.73 Å². The van der Waals surface area contributed by atoms with Gasteiger partial charge in [-0.1, -0.05) is 13.8 Å². The topological polar surface area (TPSA) is 56.7 Å². The number of aromatic nitrogens is 3. The number of nitrogens with zero attached hydrogens (tertiary/aromatic N) is 3. The maximum Gasteiger partial charge on any atom is 0.138 e. The van der Waals surface area contributed by atoms with Crippen LogP contribution in [0.25, 0.3) is 0 Å². The van der Waals surface area contributed by atoms with Gasteiger partial charge in [-0.3, -0.25) is 4.68 Å². The predicted molar refractivity (Wildman–Crippen MR) is 59.3 cm³/mol. The Labute approximate surface area is 90.9 Å². The van der Waals surface area contributed by atoms with Gasteiger partial charge in [0.15, 0.2) is 0 Å². The van der Waals surface area contributed by atoms with Crippen LogP contribution in [-0.4, -0.2) is 20.3 Å². The van der Waals surface area contributed by atoms with E-state index in [1.54, 1.807) is 6.33 Å². The zero-order valence-electron chi connectivity index (χ0n) is 9.82. The molecule has 0 bridgehead atoms. The van der Waals surface area contributed by atoms with Crippen LogP contribution in [0.5, 0.6) is 0 Å². The third kappa shape index (κ3) is 2.20. The largest absolute Gasteiger partial charge is 0.325 e.